The topological polar surface area (TPSA) is 83.7 Å². The summed E-state index contributed by atoms with van der Waals surface area (Å²) in [6.07, 6.45) is -0.768. The zero-order valence-corrected chi connectivity index (χ0v) is 15.1. The predicted octanol–water partition coefficient (Wildman–Crippen LogP) is 2.93. The highest BCUT2D eigenvalue weighted by molar-refractivity contribution is 5.74. The molecule has 2 atom stereocenters. The maximum Gasteiger partial charge on any atom is 0.315 e. The van der Waals surface area contributed by atoms with Gasteiger partial charge in [0.25, 0.3) is 0 Å². The molecule has 0 radical (unpaired) electrons. The molecule has 0 saturated heterocycles. The van der Waals surface area contributed by atoms with Gasteiger partial charge in [0.2, 0.25) is 0 Å². The van der Waals surface area contributed by atoms with E-state index in [1.54, 1.807) is 7.11 Å². The second kappa shape index (κ2) is 8.69. The summed E-state index contributed by atoms with van der Waals surface area (Å²) in [5.41, 5.74) is 2.94. The zero-order valence-electron chi connectivity index (χ0n) is 15.1. The van der Waals surface area contributed by atoms with E-state index in [0.29, 0.717) is 12.4 Å². The van der Waals surface area contributed by atoms with Crippen molar-refractivity contribution < 1.29 is 19.1 Å². The average Bonchev–Trinajstić information content (AvgIpc) is 2.97. The number of aliphatic hydroxyl groups is 1. The van der Waals surface area contributed by atoms with Gasteiger partial charge in [-0.05, 0) is 38.5 Å². The van der Waals surface area contributed by atoms with Crippen molar-refractivity contribution >= 4 is 6.03 Å². The number of aliphatic hydroxyl groups excluding tert-OH is 1. The monoisotopic (exact) mass is 346 g/mol. The third-order valence-corrected chi connectivity index (χ3v) is 3.83. The van der Waals surface area contributed by atoms with Gasteiger partial charge < -0.3 is 24.9 Å². The summed E-state index contributed by atoms with van der Waals surface area (Å²) in [5, 5.41) is 15.8. The number of aryl methyl sites for hydroxylation is 3. The Morgan fingerprint density at radius 1 is 1.20 bits per heavy atom. The number of carbonyl (C=O) groups excluding carboxylic acids is 1. The fraction of sp³-hybridized carbons (Fsp3) is 0.421. The van der Waals surface area contributed by atoms with Crippen LogP contribution in [-0.4, -0.2) is 31.4 Å². The quantitative estimate of drug-likeness (QED) is 0.720. The van der Waals surface area contributed by atoms with E-state index in [1.807, 2.05) is 51.1 Å². The Bertz CT molecular complexity index is 691. The fourth-order valence-electron chi connectivity index (χ4n) is 2.72. The molecule has 1 aromatic carbocycles. The highest BCUT2D eigenvalue weighted by Crippen LogP contribution is 2.18. The number of carbonyl (C=O) groups is 1. The van der Waals surface area contributed by atoms with E-state index >= 15 is 0 Å². The van der Waals surface area contributed by atoms with Crippen molar-refractivity contribution in [2.75, 3.05) is 20.3 Å². The van der Waals surface area contributed by atoms with Gasteiger partial charge in [-0.25, -0.2) is 4.79 Å². The summed E-state index contributed by atoms with van der Waals surface area (Å²) in [6, 6.07) is 8.73. The lowest BCUT2D eigenvalue weighted by atomic mass is 10.0. The van der Waals surface area contributed by atoms with Gasteiger partial charge in [-0.1, -0.05) is 29.3 Å². The van der Waals surface area contributed by atoms with E-state index in [2.05, 4.69) is 10.6 Å². The van der Waals surface area contributed by atoms with Crippen molar-refractivity contribution in [3.05, 3.63) is 58.5 Å². The Balaban J connectivity index is 1.92. The molecule has 2 amide bonds. The van der Waals surface area contributed by atoms with Crippen LogP contribution in [0.3, 0.4) is 0 Å². The van der Waals surface area contributed by atoms with Gasteiger partial charge in [0.15, 0.2) is 0 Å². The fourth-order valence-corrected chi connectivity index (χ4v) is 2.72. The van der Waals surface area contributed by atoms with Gasteiger partial charge in [-0.15, -0.1) is 0 Å². The highest BCUT2D eigenvalue weighted by Gasteiger charge is 2.18. The predicted molar refractivity (Wildman–Crippen MR) is 95.5 cm³/mol. The average molecular weight is 346 g/mol. The van der Waals surface area contributed by atoms with E-state index in [1.165, 1.54) is 0 Å². The van der Waals surface area contributed by atoms with E-state index in [4.69, 9.17) is 9.15 Å². The Morgan fingerprint density at radius 3 is 2.44 bits per heavy atom. The Labute approximate surface area is 148 Å². The smallest absolute Gasteiger partial charge is 0.315 e. The van der Waals surface area contributed by atoms with Crippen LogP contribution in [0.25, 0.3) is 0 Å². The molecule has 25 heavy (non-hydrogen) atoms. The van der Waals surface area contributed by atoms with Crippen molar-refractivity contribution in [2.24, 2.45) is 0 Å². The van der Waals surface area contributed by atoms with Gasteiger partial charge >= 0.3 is 6.03 Å². The molecule has 0 aliphatic carbocycles. The second-order valence-electron chi connectivity index (χ2n) is 6.25. The van der Waals surface area contributed by atoms with Crippen molar-refractivity contribution in [3.8, 4) is 0 Å². The summed E-state index contributed by atoms with van der Waals surface area (Å²) >= 11 is 0. The molecule has 0 aliphatic heterocycles. The first-order valence-corrected chi connectivity index (χ1v) is 8.25. The molecule has 3 N–H and O–H groups in total. The molecule has 0 aliphatic rings. The summed E-state index contributed by atoms with van der Waals surface area (Å²) < 4.78 is 10.7. The molecule has 6 nitrogen and oxygen atoms in total. The van der Waals surface area contributed by atoms with E-state index in [0.717, 1.165) is 22.5 Å². The first-order chi connectivity index (χ1) is 11.9. The van der Waals surface area contributed by atoms with Crippen LogP contribution in [0.5, 0.6) is 0 Å². The van der Waals surface area contributed by atoms with Crippen molar-refractivity contribution in [2.45, 2.75) is 32.9 Å². The Hall–Kier alpha value is -2.31. The van der Waals surface area contributed by atoms with Gasteiger partial charge in [0.1, 0.15) is 17.6 Å². The molecule has 136 valence electrons. The maximum atomic E-state index is 12.1. The minimum atomic E-state index is -0.768. The molecular weight excluding hydrogens is 320 g/mol. The van der Waals surface area contributed by atoms with Crippen LogP contribution in [0.2, 0.25) is 0 Å². The number of furan rings is 1. The largest absolute Gasteiger partial charge is 0.464 e. The third kappa shape index (κ3) is 5.62. The lowest BCUT2D eigenvalue weighted by Gasteiger charge is -2.18. The number of methoxy groups -OCH3 is 1. The number of hydrogen-bond donors (Lipinski definition) is 3. The minimum Gasteiger partial charge on any atom is -0.464 e. The van der Waals surface area contributed by atoms with E-state index in [-0.39, 0.29) is 12.6 Å². The molecule has 0 spiro atoms. The van der Waals surface area contributed by atoms with Crippen LogP contribution in [0.15, 0.2) is 34.7 Å². The van der Waals surface area contributed by atoms with Crippen LogP contribution >= 0.6 is 0 Å². The number of amides is 2. The lowest BCUT2D eigenvalue weighted by molar-refractivity contribution is 0.152. The molecule has 1 heterocycles. The molecule has 0 saturated carbocycles. The first kappa shape index (κ1) is 19.0. The Morgan fingerprint density at radius 2 is 1.88 bits per heavy atom. The summed E-state index contributed by atoms with van der Waals surface area (Å²) in [7, 11) is 1.56. The molecule has 6 heteroatoms. The number of rotatable bonds is 7. The molecule has 0 bridgehead atoms. The van der Waals surface area contributed by atoms with Crippen molar-refractivity contribution in [1.29, 1.82) is 0 Å². The Kier molecular flexibility index (Phi) is 6.61. The number of benzene rings is 1. The molecule has 0 fully saturated rings. The zero-order chi connectivity index (χ0) is 18.4. The molecule has 2 rings (SSSR count). The standard InChI is InChI=1S/C19H26N2O4/c1-12-7-13(2)9-15(8-12)17(22)10-20-19(23)21-16(11-24-4)18-6-5-14(3)25-18/h5-9,16-17,22H,10-11H2,1-4H3,(H2,20,21,23). The highest BCUT2D eigenvalue weighted by atomic mass is 16.5. The van der Waals surface area contributed by atoms with Gasteiger partial charge in [-0.2, -0.15) is 0 Å². The van der Waals surface area contributed by atoms with Crippen LogP contribution < -0.4 is 10.6 Å². The molecule has 2 aromatic rings. The van der Waals surface area contributed by atoms with Gasteiger partial charge in [0.05, 0.1) is 12.7 Å². The van der Waals surface area contributed by atoms with Crippen LogP contribution in [-0.2, 0) is 4.74 Å². The SMILES string of the molecule is COCC(NC(=O)NCC(O)c1cc(C)cc(C)c1)c1ccc(C)o1. The lowest BCUT2D eigenvalue weighted by Crippen LogP contribution is -2.41. The normalized spacial score (nSPS) is 13.3. The summed E-state index contributed by atoms with van der Waals surface area (Å²) in [6.45, 7) is 6.20. The van der Waals surface area contributed by atoms with Crippen molar-refractivity contribution in [1.82, 2.24) is 10.6 Å². The van der Waals surface area contributed by atoms with Gasteiger partial charge in [0, 0.05) is 13.7 Å². The first-order valence-electron chi connectivity index (χ1n) is 8.25. The maximum absolute atomic E-state index is 12.1. The van der Waals surface area contributed by atoms with Gasteiger partial charge in [-0.3, -0.25) is 0 Å². The third-order valence-electron chi connectivity index (χ3n) is 3.83. The van der Waals surface area contributed by atoms with E-state index in [9.17, 15) is 9.90 Å². The summed E-state index contributed by atoms with van der Waals surface area (Å²) in [5.74, 6) is 1.40. The van der Waals surface area contributed by atoms with Crippen molar-refractivity contribution in [3.63, 3.8) is 0 Å². The summed E-state index contributed by atoms with van der Waals surface area (Å²) in [4.78, 5) is 12.1. The number of hydrogen-bond acceptors (Lipinski definition) is 4. The second-order valence-corrected chi connectivity index (χ2v) is 6.25. The number of nitrogens with one attached hydrogen (secondary N) is 2. The van der Waals surface area contributed by atoms with Crippen LogP contribution in [0, 0.1) is 20.8 Å². The number of urea groups is 1. The molecule has 1 aromatic heterocycles. The number of ether oxygens (including phenoxy) is 1. The molecular formula is C19H26N2O4. The van der Waals surface area contributed by atoms with E-state index < -0.39 is 12.1 Å². The van der Waals surface area contributed by atoms with Crippen LogP contribution in [0.1, 0.15) is 40.4 Å². The molecule has 2 unspecified atom stereocenters. The van der Waals surface area contributed by atoms with Crippen LogP contribution in [0.4, 0.5) is 4.79 Å². The minimum absolute atomic E-state index is 0.117.